The molecule has 6 heteroatoms. The molecule has 1 heterocycles. The van der Waals surface area contributed by atoms with Crippen molar-refractivity contribution >= 4 is 16.9 Å². The van der Waals surface area contributed by atoms with Crippen LogP contribution in [0.4, 0.5) is 0 Å². The van der Waals surface area contributed by atoms with E-state index in [9.17, 15) is 9.59 Å². The first kappa shape index (κ1) is 21.2. The number of benzene rings is 3. The minimum Gasteiger partial charge on any atom is -0.497 e. The molecule has 0 fully saturated rings. The van der Waals surface area contributed by atoms with Gasteiger partial charge < -0.3 is 18.6 Å². The average Bonchev–Trinajstić information content (AvgIpc) is 2.81. The molecular formula is C26H22O6. The lowest BCUT2D eigenvalue weighted by molar-refractivity contribution is 0.0730. The van der Waals surface area contributed by atoms with Crippen molar-refractivity contribution in [2.75, 3.05) is 14.2 Å². The molecule has 0 amide bonds. The van der Waals surface area contributed by atoms with E-state index in [0.29, 0.717) is 28.0 Å². The lowest BCUT2D eigenvalue weighted by atomic mass is 10.1. The lowest BCUT2D eigenvalue weighted by Crippen LogP contribution is -2.16. The van der Waals surface area contributed by atoms with Crippen LogP contribution in [0.1, 0.15) is 21.5 Å². The van der Waals surface area contributed by atoms with Crippen molar-refractivity contribution in [3.63, 3.8) is 0 Å². The number of aryl methyl sites for hydroxylation is 2. The predicted molar refractivity (Wildman–Crippen MR) is 122 cm³/mol. The highest BCUT2D eigenvalue weighted by atomic mass is 16.5. The van der Waals surface area contributed by atoms with Gasteiger partial charge in [-0.3, -0.25) is 4.79 Å². The van der Waals surface area contributed by atoms with Crippen LogP contribution >= 0.6 is 0 Å². The van der Waals surface area contributed by atoms with Crippen LogP contribution in [0.3, 0.4) is 0 Å². The normalized spacial score (nSPS) is 10.8. The summed E-state index contributed by atoms with van der Waals surface area (Å²) in [4.78, 5) is 26.4. The van der Waals surface area contributed by atoms with Gasteiger partial charge in [-0.05, 0) is 38.1 Å². The number of esters is 1. The van der Waals surface area contributed by atoms with Gasteiger partial charge in [-0.25, -0.2) is 4.79 Å². The van der Waals surface area contributed by atoms with Crippen molar-refractivity contribution < 1.29 is 23.4 Å². The zero-order valence-electron chi connectivity index (χ0n) is 18.2. The van der Waals surface area contributed by atoms with Gasteiger partial charge in [-0.15, -0.1) is 0 Å². The van der Waals surface area contributed by atoms with E-state index in [0.717, 1.165) is 11.1 Å². The quantitative estimate of drug-likeness (QED) is 0.399. The molecule has 162 valence electrons. The minimum absolute atomic E-state index is 0.168. The number of ether oxygens (including phenoxy) is 3. The molecule has 0 aliphatic heterocycles. The van der Waals surface area contributed by atoms with Gasteiger partial charge in [0.05, 0.1) is 25.2 Å². The third-order valence-electron chi connectivity index (χ3n) is 5.10. The Balaban J connectivity index is 1.88. The summed E-state index contributed by atoms with van der Waals surface area (Å²) in [6.07, 6.45) is 0. The molecule has 4 aromatic rings. The standard InChI is InChI=1S/C26H22O6/c1-15-5-8-17(9-6-15)24-25(23(27)21-11-16(2)7-10-22(21)31-24)32-26(28)18-12-19(29-3)14-20(13-18)30-4/h5-14H,1-4H3. The maximum atomic E-state index is 13.4. The fraction of sp³-hybridized carbons (Fsp3) is 0.154. The van der Waals surface area contributed by atoms with Crippen LogP contribution < -0.4 is 19.6 Å². The first-order valence-electron chi connectivity index (χ1n) is 9.99. The van der Waals surface area contributed by atoms with Crippen molar-refractivity contribution in [1.82, 2.24) is 0 Å². The van der Waals surface area contributed by atoms with Crippen molar-refractivity contribution in [3.05, 3.63) is 87.6 Å². The largest absolute Gasteiger partial charge is 0.497 e. The Labute approximate surface area is 185 Å². The Hall–Kier alpha value is -4.06. The van der Waals surface area contributed by atoms with Crippen molar-refractivity contribution in [2.45, 2.75) is 13.8 Å². The van der Waals surface area contributed by atoms with E-state index in [1.165, 1.54) is 26.4 Å². The maximum absolute atomic E-state index is 13.4. The van der Waals surface area contributed by atoms with E-state index in [-0.39, 0.29) is 17.1 Å². The fourth-order valence-corrected chi connectivity index (χ4v) is 3.36. The summed E-state index contributed by atoms with van der Waals surface area (Å²) < 4.78 is 22.1. The molecule has 0 N–H and O–H groups in total. The Morgan fingerprint density at radius 1 is 0.812 bits per heavy atom. The summed E-state index contributed by atoms with van der Waals surface area (Å²) in [6.45, 7) is 3.83. The van der Waals surface area contributed by atoms with Gasteiger partial charge in [0.1, 0.15) is 17.1 Å². The van der Waals surface area contributed by atoms with Crippen LogP contribution in [0.15, 0.2) is 69.9 Å². The molecule has 0 spiro atoms. The monoisotopic (exact) mass is 430 g/mol. The summed E-state index contributed by atoms with van der Waals surface area (Å²) in [5.74, 6) is 0.149. The topological polar surface area (TPSA) is 75.0 Å². The van der Waals surface area contributed by atoms with E-state index in [1.54, 1.807) is 18.2 Å². The smallest absolute Gasteiger partial charge is 0.344 e. The zero-order valence-corrected chi connectivity index (χ0v) is 18.2. The van der Waals surface area contributed by atoms with Crippen LogP contribution in [-0.4, -0.2) is 20.2 Å². The van der Waals surface area contributed by atoms with Crippen LogP contribution in [0.2, 0.25) is 0 Å². The summed E-state index contributed by atoms with van der Waals surface area (Å²) in [7, 11) is 2.97. The summed E-state index contributed by atoms with van der Waals surface area (Å²) in [6, 6.07) is 17.4. The SMILES string of the molecule is COc1cc(OC)cc(C(=O)Oc2c(-c3ccc(C)cc3)oc3ccc(C)cc3c2=O)c1. The Morgan fingerprint density at radius 3 is 2.06 bits per heavy atom. The van der Waals surface area contributed by atoms with Gasteiger partial charge in [0.15, 0.2) is 5.76 Å². The Morgan fingerprint density at radius 2 is 1.44 bits per heavy atom. The van der Waals surface area contributed by atoms with Crippen molar-refractivity contribution in [2.24, 2.45) is 0 Å². The van der Waals surface area contributed by atoms with Gasteiger partial charge in [-0.1, -0.05) is 41.5 Å². The molecule has 4 rings (SSSR count). The number of hydrogen-bond donors (Lipinski definition) is 0. The highest BCUT2D eigenvalue weighted by Gasteiger charge is 2.22. The summed E-state index contributed by atoms with van der Waals surface area (Å²) in [5, 5.41) is 0.340. The molecule has 0 atom stereocenters. The first-order valence-corrected chi connectivity index (χ1v) is 9.99. The second-order valence-corrected chi connectivity index (χ2v) is 7.45. The van der Waals surface area contributed by atoms with Crippen LogP contribution in [0, 0.1) is 13.8 Å². The highest BCUT2D eigenvalue weighted by Crippen LogP contribution is 2.32. The second kappa shape index (κ2) is 8.59. The van der Waals surface area contributed by atoms with E-state index in [1.807, 2.05) is 44.2 Å². The lowest BCUT2D eigenvalue weighted by Gasteiger charge is -2.12. The zero-order chi connectivity index (χ0) is 22.8. The number of hydrogen-bond acceptors (Lipinski definition) is 6. The molecule has 0 saturated heterocycles. The van der Waals surface area contributed by atoms with Crippen LogP contribution in [0.25, 0.3) is 22.3 Å². The molecule has 0 aliphatic rings. The number of rotatable bonds is 5. The summed E-state index contributed by atoms with van der Waals surface area (Å²) in [5.41, 5.74) is 2.74. The predicted octanol–water partition coefficient (Wildman–Crippen LogP) is 5.31. The molecule has 0 aliphatic carbocycles. The molecule has 0 radical (unpaired) electrons. The summed E-state index contributed by atoms with van der Waals surface area (Å²) >= 11 is 0. The maximum Gasteiger partial charge on any atom is 0.344 e. The molecular weight excluding hydrogens is 408 g/mol. The first-order chi connectivity index (χ1) is 15.4. The fourth-order valence-electron chi connectivity index (χ4n) is 3.36. The number of methoxy groups -OCH3 is 2. The molecule has 3 aromatic carbocycles. The van der Waals surface area contributed by atoms with Gasteiger partial charge in [0, 0.05) is 11.6 Å². The number of fused-ring (bicyclic) bond motifs is 1. The van der Waals surface area contributed by atoms with Crippen molar-refractivity contribution in [1.29, 1.82) is 0 Å². The third kappa shape index (κ3) is 4.07. The van der Waals surface area contributed by atoms with Crippen molar-refractivity contribution in [3.8, 4) is 28.6 Å². The molecule has 1 aromatic heterocycles. The molecule has 0 unspecified atom stereocenters. The van der Waals surface area contributed by atoms with Gasteiger partial charge in [-0.2, -0.15) is 0 Å². The van der Waals surface area contributed by atoms with Crippen LogP contribution in [-0.2, 0) is 0 Å². The molecule has 0 saturated carbocycles. The van der Waals surface area contributed by atoms with E-state index >= 15 is 0 Å². The molecule has 0 bridgehead atoms. The molecule has 6 nitrogen and oxygen atoms in total. The van der Waals surface area contributed by atoms with Gasteiger partial charge in [0.25, 0.3) is 0 Å². The Bertz CT molecular complexity index is 1340. The number of carbonyl (C=O) groups is 1. The minimum atomic E-state index is -0.727. The molecule has 32 heavy (non-hydrogen) atoms. The van der Waals surface area contributed by atoms with E-state index < -0.39 is 11.4 Å². The van der Waals surface area contributed by atoms with E-state index in [2.05, 4.69) is 0 Å². The number of carbonyl (C=O) groups excluding carboxylic acids is 1. The Kier molecular flexibility index (Phi) is 5.69. The van der Waals surface area contributed by atoms with Gasteiger partial charge in [0.2, 0.25) is 11.2 Å². The third-order valence-corrected chi connectivity index (χ3v) is 5.10. The second-order valence-electron chi connectivity index (χ2n) is 7.45. The average molecular weight is 430 g/mol. The highest BCUT2D eigenvalue weighted by molar-refractivity contribution is 5.93. The van der Waals surface area contributed by atoms with E-state index in [4.69, 9.17) is 18.6 Å². The van der Waals surface area contributed by atoms with Gasteiger partial charge >= 0.3 is 5.97 Å². The van der Waals surface area contributed by atoms with Crippen LogP contribution in [0.5, 0.6) is 17.2 Å².